The van der Waals surface area contributed by atoms with E-state index >= 15 is 0 Å². The van der Waals surface area contributed by atoms with E-state index in [1.165, 1.54) is 6.33 Å². The van der Waals surface area contributed by atoms with Crippen LogP contribution < -0.4 is 5.32 Å². The highest BCUT2D eigenvalue weighted by molar-refractivity contribution is 7.07. The lowest BCUT2D eigenvalue weighted by atomic mass is 10.4. The fourth-order valence-corrected chi connectivity index (χ4v) is 1.47. The Bertz CT molecular complexity index is 346. The van der Waals surface area contributed by atoms with Gasteiger partial charge >= 0.3 is 0 Å². The molecule has 0 aliphatic rings. The summed E-state index contributed by atoms with van der Waals surface area (Å²) in [5.74, 6) is 0. The van der Waals surface area contributed by atoms with Crippen LogP contribution in [0.15, 0.2) is 29.6 Å². The Morgan fingerprint density at radius 3 is 2.85 bits per heavy atom. The van der Waals surface area contributed by atoms with Gasteiger partial charge in [0.2, 0.25) is 0 Å². The number of aromatic nitrogens is 3. The van der Waals surface area contributed by atoms with E-state index in [1.54, 1.807) is 23.7 Å². The second-order valence-corrected chi connectivity index (χ2v) is 3.18. The molecule has 0 aliphatic carbocycles. The van der Waals surface area contributed by atoms with Gasteiger partial charge in [-0.3, -0.25) is 0 Å². The summed E-state index contributed by atoms with van der Waals surface area (Å²) in [5, 5.41) is 5.18. The molecule has 1 N–H and O–H groups in total. The van der Waals surface area contributed by atoms with Crippen LogP contribution in [0.5, 0.6) is 0 Å². The van der Waals surface area contributed by atoms with Crippen molar-refractivity contribution in [3.05, 3.63) is 35.3 Å². The largest absolute Gasteiger partial charge is 0.377 e. The van der Waals surface area contributed by atoms with Crippen molar-refractivity contribution in [3.63, 3.8) is 0 Å². The van der Waals surface area contributed by atoms with Crippen LogP contribution in [-0.2, 0) is 6.54 Å². The van der Waals surface area contributed by atoms with Gasteiger partial charge < -0.3 is 5.32 Å². The number of nitrogens with zero attached hydrogens (tertiary/aromatic N) is 3. The molecule has 13 heavy (non-hydrogen) atoms. The van der Waals surface area contributed by atoms with E-state index < -0.39 is 0 Å². The van der Waals surface area contributed by atoms with Gasteiger partial charge in [-0.2, -0.15) is 0 Å². The maximum absolute atomic E-state index is 4.15. The van der Waals surface area contributed by atoms with Crippen molar-refractivity contribution < 1.29 is 0 Å². The molecule has 4 nitrogen and oxygen atoms in total. The zero-order valence-corrected chi connectivity index (χ0v) is 7.66. The van der Waals surface area contributed by atoms with Crippen LogP contribution in [0.3, 0.4) is 0 Å². The van der Waals surface area contributed by atoms with Gasteiger partial charge in [-0.05, 0) is 0 Å². The highest BCUT2D eigenvalue weighted by Crippen LogP contribution is 2.05. The summed E-state index contributed by atoms with van der Waals surface area (Å²) in [5.41, 5.74) is 3.77. The van der Waals surface area contributed by atoms with Crippen molar-refractivity contribution in [2.45, 2.75) is 6.54 Å². The normalized spacial score (nSPS) is 9.85. The summed E-state index contributed by atoms with van der Waals surface area (Å²) < 4.78 is 0. The summed E-state index contributed by atoms with van der Waals surface area (Å²) in [7, 11) is 0. The Labute approximate surface area is 79.7 Å². The second kappa shape index (κ2) is 3.95. The lowest BCUT2D eigenvalue weighted by molar-refractivity contribution is 1.05. The SMILES string of the molecule is c1ncc(NCc2cscn2)cn1. The predicted molar refractivity (Wildman–Crippen MR) is 51.5 cm³/mol. The van der Waals surface area contributed by atoms with Crippen LogP contribution in [0.25, 0.3) is 0 Å². The number of rotatable bonds is 3. The van der Waals surface area contributed by atoms with Gasteiger partial charge in [0.25, 0.3) is 0 Å². The molecule has 0 saturated carbocycles. The molecule has 0 spiro atoms. The first kappa shape index (κ1) is 8.12. The minimum absolute atomic E-state index is 0.719. The number of anilines is 1. The molecule has 0 unspecified atom stereocenters. The van der Waals surface area contributed by atoms with Crippen molar-refractivity contribution in [1.29, 1.82) is 0 Å². The van der Waals surface area contributed by atoms with E-state index in [1.807, 2.05) is 10.9 Å². The molecule has 66 valence electrons. The molecule has 2 aromatic rings. The van der Waals surface area contributed by atoms with Gasteiger partial charge in [-0.1, -0.05) is 0 Å². The number of thiazole rings is 1. The monoisotopic (exact) mass is 192 g/mol. The molecule has 2 heterocycles. The van der Waals surface area contributed by atoms with Crippen molar-refractivity contribution in [3.8, 4) is 0 Å². The van der Waals surface area contributed by atoms with Gasteiger partial charge in [-0.15, -0.1) is 11.3 Å². The predicted octanol–water partition coefficient (Wildman–Crippen LogP) is 1.55. The Balaban J connectivity index is 1.94. The minimum Gasteiger partial charge on any atom is -0.377 e. The zero-order chi connectivity index (χ0) is 8.93. The van der Waals surface area contributed by atoms with E-state index in [2.05, 4.69) is 20.3 Å². The van der Waals surface area contributed by atoms with Crippen LogP contribution in [-0.4, -0.2) is 15.0 Å². The molecule has 0 aromatic carbocycles. The van der Waals surface area contributed by atoms with Crippen LogP contribution in [0.1, 0.15) is 5.69 Å². The van der Waals surface area contributed by atoms with Crippen molar-refractivity contribution in [2.24, 2.45) is 0 Å². The van der Waals surface area contributed by atoms with Crippen LogP contribution in [0.4, 0.5) is 5.69 Å². The van der Waals surface area contributed by atoms with Gasteiger partial charge in [0.1, 0.15) is 6.33 Å². The minimum atomic E-state index is 0.719. The maximum Gasteiger partial charge on any atom is 0.115 e. The smallest absolute Gasteiger partial charge is 0.115 e. The van der Waals surface area contributed by atoms with Gasteiger partial charge in [0.15, 0.2) is 0 Å². The Hall–Kier alpha value is -1.49. The maximum atomic E-state index is 4.15. The van der Waals surface area contributed by atoms with Crippen LogP contribution in [0, 0.1) is 0 Å². The number of nitrogens with one attached hydrogen (secondary N) is 1. The van der Waals surface area contributed by atoms with E-state index in [-0.39, 0.29) is 0 Å². The van der Waals surface area contributed by atoms with Crippen LogP contribution >= 0.6 is 11.3 Å². The van der Waals surface area contributed by atoms with Crippen molar-refractivity contribution in [1.82, 2.24) is 15.0 Å². The fraction of sp³-hybridized carbons (Fsp3) is 0.125. The molecular weight excluding hydrogens is 184 g/mol. The van der Waals surface area contributed by atoms with E-state index in [0.717, 1.165) is 17.9 Å². The first-order valence-corrected chi connectivity index (χ1v) is 4.75. The highest BCUT2D eigenvalue weighted by atomic mass is 32.1. The van der Waals surface area contributed by atoms with Crippen LogP contribution in [0.2, 0.25) is 0 Å². The summed E-state index contributed by atoms with van der Waals surface area (Å²) in [6.45, 7) is 0.719. The Morgan fingerprint density at radius 2 is 2.15 bits per heavy atom. The summed E-state index contributed by atoms with van der Waals surface area (Å²) in [6, 6.07) is 0. The lowest BCUT2D eigenvalue weighted by Gasteiger charge is -2.01. The Kier molecular flexibility index (Phi) is 2.47. The first-order valence-electron chi connectivity index (χ1n) is 3.81. The number of hydrogen-bond donors (Lipinski definition) is 1. The standard InChI is InChI=1S/C8H8N4S/c1-7(2-10-5-9-1)11-3-8-4-13-6-12-8/h1-2,4-6,11H,3H2. The molecule has 0 bridgehead atoms. The third-order valence-corrected chi connectivity index (χ3v) is 2.15. The molecule has 0 aliphatic heterocycles. The average Bonchev–Trinajstić information content (AvgIpc) is 2.69. The molecule has 0 fully saturated rings. The zero-order valence-electron chi connectivity index (χ0n) is 6.84. The van der Waals surface area contributed by atoms with E-state index in [0.29, 0.717) is 0 Å². The van der Waals surface area contributed by atoms with E-state index in [9.17, 15) is 0 Å². The molecule has 0 atom stereocenters. The first-order chi connectivity index (χ1) is 6.45. The van der Waals surface area contributed by atoms with Gasteiger partial charge in [0, 0.05) is 5.38 Å². The molecule has 0 saturated heterocycles. The number of hydrogen-bond acceptors (Lipinski definition) is 5. The topological polar surface area (TPSA) is 50.7 Å². The van der Waals surface area contributed by atoms with Crippen molar-refractivity contribution in [2.75, 3.05) is 5.32 Å². The Morgan fingerprint density at radius 1 is 1.31 bits per heavy atom. The average molecular weight is 192 g/mol. The molecule has 2 rings (SSSR count). The third kappa shape index (κ3) is 2.22. The molecule has 0 radical (unpaired) electrons. The van der Waals surface area contributed by atoms with Gasteiger partial charge in [-0.25, -0.2) is 15.0 Å². The molecule has 0 amide bonds. The second-order valence-electron chi connectivity index (χ2n) is 2.46. The lowest BCUT2D eigenvalue weighted by Crippen LogP contribution is -1.99. The molecular formula is C8H8N4S. The van der Waals surface area contributed by atoms with Gasteiger partial charge in [0.05, 0.1) is 35.8 Å². The summed E-state index contributed by atoms with van der Waals surface area (Å²) in [6.07, 6.45) is 4.98. The fourth-order valence-electron chi connectivity index (χ4n) is 0.908. The van der Waals surface area contributed by atoms with Crippen molar-refractivity contribution >= 4 is 17.0 Å². The third-order valence-electron chi connectivity index (χ3n) is 1.52. The van der Waals surface area contributed by atoms with E-state index in [4.69, 9.17) is 0 Å². The summed E-state index contributed by atoms with van der Waals surface area (Å²) in [4.78, 5) is 11.9. The quantitative estimate of drug-likeness (QED) is 0.801. The molecule has 5 heteroatoms. The summed E-state index contributed by atoms with van der Waals surface area (Å²) >= 11 is 1.59. The molecule has 2 aromatic heterocycles. The highest BCUT2D eigenvalue weighted by Gasteiger charge is 1.94.